The quantitative estimate of drug-likeness (QED) is 0.454. The average Bonchev–Trinajstić information content (AvgIpc) is 3.14. The van der Waals surface area contributed by atoms with Crippen LogP contribution in [0.25, 0.3) is 11.0 Å². The van der Waals surface area contributed by atoms with Crippen molar-refractivity contribution >= 4 is 38.3 Å². The fraction of sp³-hybridized carbons (Fsp3) is 0.316. The number of aromatic amines is 1. The highest BCUT2D eigenvalue weighted by Gasteiger charge is 2.59. The summed E-state index contributed by atoms with van der Waals surface area (Å²) in [6.45, 7) is 1.61. The minimum atomic E-state index is -3.88. The monoisotopic (exact) mass is 471 g/mol. The van der Waals surface area contributed by atoms with E-state index in [4.69, 9.17) is 0 Å². The molecule has 3 N–H and O–H groups in total. The Kier molecular flexibility index (Phi) is 5.31. The average molecular weight is 471 g/mol. The maximum atomic E-state index is 14.8. The number of fused-ring (bicyclic) bond motifs is 1. The Morgan fingerprint density at radius 2 is 2.03 bits per heavy atom. The molecule has 1 aromatic carbocycles. The first-order valence-corrected chi connectivity index (χ1v) is 11.2. The lowest BCUT2D eigenvalue weighted by Gasteiger charge is -2.12. The molecule has 8 nitrogen and oxygen atoms in total. The molecule has 4 rings (SSSR count). The van der Waals surface area contributed by atoms with Crippen molar-refractivity contribution in [1.29, 1.82) is 0 Å². The van der Waals surface area contributed by atoms with Crippen LogP contribution >= 0.6 is 0 Å². The molecule has 1 fully saturated rings. The number of hydrogen-bond acceptors (Lipinski definition) is 5. The molecule has 1 aliphatic carbocycles. The number of carbonyl (C=O) groups excluding carboxylic acids is 1. The third-order valence-corrected chi connectivity index (χ3v) is 6.39. The maximum absolute atomic E-state index is 14.8. The van der Waals surface area contributed by atoms with Crippen LogP contribution in [0.4, 0.5) is 28.9 Å². The van der Waals surface area contributed by atoms with E-state index in [1.54, 1.807) is 6.92 Å². The summed E-state index contributed by atoms with van der Waals surface area (Å²) in [6, 6.07) is 2.94. The molecule has 1 aliphatic rings. The Hall–Kier alpha value is -3.22. The van der Waals surface area contributed by atoms with Gasteiger partial charge in [0.1, 0.15) is 11.4 Å². The molecule has 2 aromatic heterocycles. The number of benzene rings is 1. The summed E-state index contributed by atoms with van der Waals surface area (Å²) in [5, 5.41) is 8.88. The van der Waals surface area contributed by atoms with E-state index in [0.717, 1.165) is 18.3 Å². The highest BCUT2D eigenvalue weighted by molar-refractivity contribution is 7.92. The van der Waals surface area contributed by atoms with Gasteiger partial charge < -0.3 is 5.32 Å². The zero-order chi connectivity index (χ0) is 23.3. The van der Waals surface area contributed by atoms with Crippen molar-refractivity contribution in [3.63, 3.8) is 0 Å². The van der Waals surface area contributed by atoms with E-state index in [1.807, 2.05) is 4.72 Å². The zero-order valence-corrected chi connectivity index (χ0v) is 17.4. The Morgan fingerprint density at radius 3 is 2.69 bits per heavy atom. The van der Waals surface area contributed by atoms with Gasteiger partial charge in [-0.2, -0.15) is 5.10 Å². The van der Waals surface area contributed by atoms with Gasteiger partial charge in [0.15, 0.2) is 11.5 Å². The number of aromatic nitrogens is 3. The van der Waals surface area contributed by atoms with Crippen molar-refractivity contribution < 1.29 is 30.8 Å². The third kappa shape index (κ3) is 4.11. The number of carbonyl (C=O) groups is 1. The van der Waals surface area contributed by atoms with Gasteiger partial charge >= 0.3 is 0 Å². The van der Waals surface area contributed by atoms with Crippen molar-refractivity contribution in [2.45, 2.75) is 31.6 Å². The smallest absolute Gasteiger partial charge is 0.261 e. The minimum absolute atomic E-state index is 0.00937. The summed E-state index contributed by atoms with van der Waals surface area (Å²) in [6.07, 6.45) is 1.07. The van der Waals surface area contributed by atoms with Crippen LogP contribution in [0.5, 0.6) is 0 Å². The molecular formula is C19H17F4N5O3S. The summed E-state index contributed by atoms with van der Waals surface area (Å²) in [5.41, 5.74) is -1.30. The van der Waals surface area contributed by atoms with Crippen molar-refractivity contribution in [2.75, 3.05) is 15.8 Å². The maximum Gasteiger partial charge on any atom is 0.261 e. The van der Waals surface area contributed by atoms with E-state index >= 15 is 0 Å². The second kappa shape index (κ2) is 7.73. The second-order valence-electron chi connectivity index (χ2n) is 7.41. The van der Waals surface area contributed by atoms with Crippen LogP contribution in [0.1, 0.15) is 41.7 Å². The van der Waals surface area contributed by atoms with Crippen LogP contribution in [0, 0.1) is 11.6 Å². The van der Waals surface area contributed by atoms with Crippen LogP contribution in [0.3, 0.4) is 0 Å². The molecule has 0 spiro atoms. The Morgan fingerprint density at radius 1 is 1.31 bits per heavy atom. The lowest BCUT2D eigenvalue weighted by Crippen LogP contribution is -2.20. The van der Waals surface area contributed by atoms with Crippen molar-refractivity contribution in [1.82, 2.24) is 15.2 Å². The van der Waals surface area contributed by atoms with Gasteiger partial charge in [-0.25, -0.2) is 31.0 Å². The lowest BCUT2D eigenvalue weighted by molar-refractivity contribution is 0.101. The fourth-order valence-corrected chi connectivity index (χ4v) is 4.42. The third-order valence-electron chi connectivity index (χ3n) is 4.92. The summed E-state index contributed by atoms with van der Waals surface area (Å²) in [5.74, 6) is -8.05. The van der Waals surface area contributed by atoms with Gasteiger partial charge in [0.2, 0.25) is 10.0 Å². The molecule has 2 heterocycles. The molecule has 32 heavy (non-hydrogen) atoms. The molecule has 170 valence electrons. The SMILES string of the molecule is CCCS(=O)(=O)Nc1ccc(F)c(C(=O)Nc2cnc3[nH]nc([C@H]4CC4(F)F)c3c2)c1F. The van der Waals surface area contributed by atoms with Gasteiger partial charge in [0.25, 0.3) is 11.8 Å². The molecule has 0 unspecified atom stereocenters. The first kappa shape index (κ1) is 22.0. The van der Waals surface area contributed by atoms with Gasteiger partial charge in [-0.05, 0) is 24.6 Å². The minimum Gasteiger partial charge on any atom is -0.320 e. The molecule has 0 saturated heterocycles. The molecule has 0 bridgehead atoms. The van der Waals surface area contributed by atoms with E-state index in [1.165, 1.54) is 6.07 Å². The highest BCUT2D eigenvalue weighted by atomic mass is 32.2. The molecule has 13 heteroatoms. The standard InChI is InChI=1S/C19H17F4N5O3S/c1-2-5-32(30,31)28-13-4-3-12(20)14(15(13)21)18(29)25-9-6-10-16(11-7-19(11,22)23)26-27-17(10)24-8-9/h3-4,6,8,11,28H,2,5,7H2,1H3,(H,25,29)(H,24,26,27)/t11-/m1/s1. The van der Waals surface area contributed by atoms with E-state index < -0.39 is 50.7 Å². The Balaban J connectivity index is 1.62. The fourth-order valence-electron chi connectivity index (χ4n) is 3.29. The lowest BCUT2D eigenvalue weighted by atomic mass is 10.1. The van der Waals surface area contributed by atoms with E-state index in [9.17, 15) is 30.8 Å². The highest BCUT2D eigenvalue weighted by Crippen LogP contribution is 2.56. The predicted molar refractivity (Wildman–Crippen MR) is 108 cm³/mol. The number of alkyl halides is 2. The molecule has 1 saturated carbocycles. The number of hydrogen-bond donors (Lipinski definition) is 3. The van der Waals surface area contributed by atoms with Crippen molar-refractivity contribution in [2.24, 2.45) is 0 Å². The first-order chi connectivity index (χ1) is 15.0. The number of nitrogens with zero attached hydrogens (tertiary/aromatic N) is 2. The van der Waals surface area contributed by atoms with Gasteiger partial charge in [-0.1, -0.05) is 6.92 Å². The second-order valence-corrected chi connectivity index (χ2v) is 9.25. The summed E-state index contributed by atoms with van der Waals surface area (Å²) in [4.78, 5) is 16.5. The Labute approximate surface area is 179 Å². The van der Waals surface area contributed by atoms with Crippen LogP contribution in [0.2, 0.25) is 0 Å². The number of H-pyrrole nitrogens is 1. The van der Waals surface area contributed by atoms with Gasteiger partial charge in [-0.15, -0.1) is 0 Å². The topological polar surface area (TPSA) is 117 Å². The predicted octanol–water partition coefficient (Wildman–Crippen LogP) is 3.76. The number of nitrogens with one attached hydrogen (secondary N) is 3. The van der Waals surface area contributed by atoms with Gasteiger partial charge in [-0.3, -0.25) is 14.6 Å². The van der Waals surface area contributed by atoms with Crippen molar-refractivity contribution in [3.05, 3.63) is 47.3 Å². The molecular weight excluding hydrogens is 454 g/mol. The number of rotatable bonds is 7. The van der Waals surface area contributed by atoms with Crippen LogP contribution in [-0.4, -0.2) is 41.2 Å². The van der Waals surface area contributed by atoms with E-state index in [-0.39, 0.29) is 41.0 Å². The summed E-state index contributed by atoms with van der Waals surface area (Å²) >= 11 is 0. The van der Waals surface area contributed by atoms with E-state index in [2.05, 4.69) is 20.5 Å². The summed E-state index contributed by atoms with van der Waals surface area (Å²) in [7, 11) is -3.88. The molecule has 0 radical (unpaired) electrons. The zero-order valence-electron chi connectivity index (χ0n) is 16.5. The molecule has 0 aliphatic heterocycles. The summed E-state index contributed by atoms with van der Waals surface area (Å²) < 4.78 is 81.7. The molecule has 1 amide bonds. The van der Waals surface area contributed by atoms with Gasteiger partial charge in [0, 0.05) is 11.8 Å². The Bertz CT molecular complexity index is 1330. The normalized spacial score (nSPS) is 17.3. The van der Waals surface area contributed by atoms with E-state index in [0.29, 0.717) is 0 Å². The van der Waals surface area contributed by atoms with Crippen LogP contribution < -0.4 is 10.0 Å². The number of sulfonamides is 1. The number of halogens is 4. The number of pyridine rings is 1. The number of amides is 1. The van der Waals surface area contributed by atoms with Gasteiger partial charge in [0.05, 0.1) is 34.9 Å². The van der Waals surface area contributed by atoms with Crippen LogP contribution in [-0.2, 0) is 10.0 Å². The van der Waals surface area contributed by atoms with Crippen LogP contribution in [0.15, 0.2) is 24.4 Å². The van der Waals surface area contributed by atoms with Crippen molar-refractivity contribution in [3.8, 4) is 0 Å². The first-order valence-electron chi connectivity index (χ1n) is 9.54. The number of anilines is 2. The molecule has 1 atom stereocenters. The molecule has 3 aromatic rings. The largest absolute Gasteiger partial charge is 0.320 e.